The molecule has 0 amide bonds. The van der Waals surface area contributed by atoms with E-state index in [9.17, 15) is 0 Å². The second-order valence-corrected chi connectivity index (χ2v) is 5.56. The molecule has 2 N–H and O–H groups in total. The fourth-order valence-corrected chi connectivity index (χ4v) is 2.95. The molecule has 0 spiro atoms. The summed E-state index contributed by atoms with van der Waals surface area (Å²) in [6, 6.07) is 8.35. The lowest BCUT2D eigenvalue weighted by Crippen LogP contribution is -2.45. The van der Waals surface area contributed by atoms with Gasteiger partial charge in [0.15, 0.2) is 5.96 Å². The van der Waals surface area contributed by atoms with Crippen LogP contribution in [0.25, 0.3) is 0 Å². The number of rotatable bonds is 6. The third-order valence-corrected chi connectivity index (χ3v) is 4.22. The zero-order valence-electron chi connectivity index (χ0n) is 13.3. The minimum atomic E-state index is 0. The van der Waals surface area contributed by atoms with Crippen molar-refractivity contribution in [3.05, 3.63) is 34.9 Å². The molecule has 4 nitrogen and oxygen atoms in total. The smallest absolute Gasteiger partial charge is 0.191 e. The van der Waals surface area contributed by atoms with Crippen LogP contribution in [0.5, 0.6) is 0 Å². The summed E-state index contributed by atoms with van der Waals surface area (Å²) in [6.07, 6.45) is 1.11. The number of nitrogens with zero attached hydrogens (tertiary/aromatic N) is 2. The van der Waals surface area contributed by atoms with E-state index in [1.807, 2.05) is 18.2 Å². The van der Waals surface area contributed by atoms with E-state index >= 15 is 0 Å². The van der Waals surface area contributed by atoms with Crippen LogP contribution in [0.4, 0.5) is 0 Å². The molecule has 0 fully saturated rings. The summed E-state index contributed by atoms with van der Waals surface area (Å²) < 4.78 is 0. The van der Waals surface area contributed by atoms with E-state index in [1.54, 1.807) is 0 Å². The number of aliphatic imine (C=N–C) groups is 1. The largest absolute Gasteiger partial charge is 0.356 e. The Morgan fingerprint density at radius 2 is 2.05 bits per heavy atom. The van der Waals surface area contributed by atoms with Crippen molar-refractivity contribution in [3.63, 3.8) is 0 Å². The number of halogens is 2. The standard InChI is InChI=1S/C16H25ClN4.HI/c1-3-21(4-2)15(13-8-5-6-9-14(13)17)12-20-16-18-10-7-11-19-16;/h5-6,8-9,15H,3-4,7,10-12H2,1-2H3,(H2,18,19,20);1H. The molecule has 0 bridgehead atoms. The molecule has 1 aliphatic rings. The molecule has 22 heavy (non-hydrogen) atoms. The number of guanidine groups is 1. The van der Waals surface area contributed by atoms with Crippen LogP contribution in [0, 0.1) is 0 Å². The zero-order valence-corrected chi connectivity index (χ0v) is 16.4. The highest BCUT2D eigenvalue weighted by Crippen LogP contribution is 2.26. The molecular weight excluding hydrogens is 411 g/mol. The lowest BCUT2D eigenvalue weighted by molar-refractivity contribution is 0.219. The van der Waals surface area contributed by atoms with Crippen molar-refractivity contribution in [2.75, 3.05) is 32.7 Å². The zero-order chi connectivity index (χ0) is 15.1. The van der Waals surface area contributed by atoms with E-state index in [4.69, 9.17) is 11.6 Å². The third-order valence-electron chi connectivity index (χ3n) is 3.88. The van der Waals surface area contributed by atoms with Gasteiger partial charge in [-0.25, -0.2) is 0 Å². The first-order valence-corrected chi connectivity index (χ1v) is 8.14. The summed E-state index contributed by atoms with van der Waals surface area (Å²) in [4.78, 5) is 6.89. The monoisotopic (exact) mass is 436 g/mol. The fourth-order valence-electron chi connectivity index (χ4n) is 2.69. The highest BCUT2D eigenvalue weighted by atomic mass is 127. The third kappa shape index (κ3) is 5.28. The van der Waals surface area contributed by atoms with E-state index in [1.165, 1.54) is 5.56 Å². The maximum Gasteiger partial charge on any atom is 0.191 e. The van der Waals surface area contributed by atoms with Crippen LogP contribution in [-0.4, -0.2) is 43.6 Å². The van der Waals surface area contributed by atoms with Gasteiger partial charge in [0.05, 0.1) is 6.04 Å². The first-order chi connectivity index (χ1) is 10.3. The molecule has 6 heteroatoms. The fraction of sp³-hybridized carbons (Fsp3) is 0.562. The number of hydrogen-bond acceptors (Lipinski definition) is 4. The topological polar surface area (TPSA) is 39.7 Å². The molecule has 0 saturated heterocycles. The van der Waals surface area contributed by atoms with E-state index in [-0.39, 0.29) is 30.0 Å². The number of likely N-dealkylation sites (N-methyl/N-ethyl adjacent to an activating group) is 1. The van der Waals surface area contributed by atoms with Crippen LogP contribution in [0.1, 0.15) is 31.9 Å². The van der Waals surface area contributed by atoms with Gasteiger partial charge in [0.2, 0.25) is 0 Å². The summed E-state index contributed by atoms with van der Waals surface area (Å²) in [5.74, 6) is 0.908. The molecule has 2 rings (SSSR count). The van der Waals surface area contributed by atoms with Gasteiger partial charge < -0.3 is 10.6 Å². The van der Waals surface area contributed by atoms with Gasteiger partial charge in [-0.15, -0.1) is 24.0 Å². The predicted octanol–water partition coefficient (Wildman–Crippen LogP) is 3.28. The molecule has 1 aromatic rings. The molecule has 1 unspecified atom stereocenters. The summed E-state index contributed by atoms with van der Waals surface area (Å²) in [5, 5.41) is 7.57. The van der Waals surface area contributed by atoms with Gasteiger partial charge in [-0.2, -0.15) is 0 Å². The molecule has 0 aromatic heterocycles. The quantitative estimate of drug-likeness (QED) is 0.672. The molecular formula is C16H26ClIN4. The molecule has 1 aromatic carbocycles. The van der Waals surface area contributed by atoms with E-state index < -0.39 is 0 Å². The highest BCUT2D eigenvalue weighted by molar-refractivity contribution is 14.0. The minimum absolute atomic E-state index is 0. The number of nitrogens with one attached hydrogen (secondary N) is 2. The molecule has 1 atom stereocenters. The Labute approximate surface area is 155 Å². The molecule has 0 radical (unpaired) electrons. The Morgan fingerprint density at radius 3 is 2.64 bits per heavy atom. The van der Waals surface area contributed by atoms with Crippen molar-refractivity contribution in [2.24, 2.45) is 4.99 Å². The van der Waals surface area contributed by atoms with Gasteiger partial charge in [-0.1, -0.05) is 43.6 Å². The molecule has 1 heterocycles. The lowest BCUT2D eigenvalue weighted by Gasteiger charge is -2.31. The van der Waals surface area contributed by atoms with E-state index in [0.717, 1.165) is 50.1 Å². The van der Waals surface area contributed by atoms with E-state index in [2.05, 4.69) is 40.4 Å². The maximum absolute atomic E-state index is 6.40. The highest BCUT2D eigenvalue weighted by Gasteiger charge is 2.20. The Balaban J connectivity index is 0.00000242. The predicted molar refractivity (Wildman–Crippen MR) is 105 cm³/mol. The van der Waals surface area contributed by atoms with Crippen LogP contribution >= 0.6 is 35.6 Å². The van der Waals surface area contributed by atoms with Gasteiger partial charge in [-0.3, -0.25) is 9.89 Å². The summed E-state index contributed by atoms with van der Waals surface area (Å²) in [7, 11) is 0. The molecule has 1 aliphatic heterocycles. The van der Waals surface area contributed by atoms with Crippen molar-refractivity contribution in [2.45, 2.75) is 26.3 Å². The van der Waals surface area contributed by atoms with Gasteiger partial charge in [0, 0.05) is 24.7 Å². The molecule has 0 aliphatic carbocycles. The van der Waals surface area contributed by atoms with E-state index in [0.29, 0.717) is 0 Å². The Kier molecular flexibility index (Phi) is 9.12. The first kappa shape index (κ1) is 19.5. The van der Waals surface area contributed by atoms with Gasteiger partial charge in [-0.05, 0) is 31.1 Å². The van der Waals surface area contributed by atoms with Gasteiger partial charge in [0.25, 0.3) is 0 Å². The Bertz CT molecular complexity index is 477. The average molecular weight is 437 g/mol. The minimum Gasteiger partial charge on any atom is -0.356 e. The summed E-state index contributed by atoms with van der Waals surface area (Å²) in [5.41, 5.74) is 1.17. The number of benzene rings is 1. The van der Waals surface area contributed by atoms with Crippen molar-refractivity contribution in [1.29, 1.82) is 0 Å². The van der Waals surface area contributed by atoms with Crippen LogP contribution in [-0.2, 0) is 0 Å². The Hall–Kier alpha value is -0.530. The second kappa shape index (κ2) is 10.3. The Morgan fingerprint density at radius 1 is 1.32 bits per heavy atom. The van der Waals surface area contributed by atoms with Crippen LogP contribution in [0.15, 0.2) is 29.3 Å². The molecule has 0 saturated carbocycles. The lowest BCUT2D eigenvalue weighted by atomic mass is 10.0. The van der Waals surface area contributed by atoms with Crippen LogP contribution in [0.2, 0.25) is 5.02 Å². The summed E-state index contributed by atoms with van der Waals surface area (Å²) in [6.45, 7) is 9.05. The van der Waals surface area contributed by atoms with Gasteiger partial charge in [0.1, 0.15) is 0 Å². The van der Waals surface area contributed by atoms with Crippen molar-refractivity contribution < 1.29 is 0 Å². The molecule has 124 valence electrons. The maximum atomic E-state index is 6.40. The van der Waals surface area contributed by atoms with Crippen LogP contribution in [0.3, 0.4) is 0 Å². The van der Waals surface area contributed by atoms with Crippen molar-refractivity contribution in [1.82, 2.24) is 15.5 Å². The SMILES string of the molecule is CCN(CC)C(CNC1=NCCCN1)c1ccccc1Cl.I. The van der Waals surface area contributed by atoms with Crippen LogP contribution < -0.4 is 10.6 Å². The van der Waals surface area contributed by atoms with Gasteiger partial charge >= 0.3 is 0 Å². The normalized spacial score (nSPS) is 15.5. The second-order valence-electron chi connectivity index (χ2n) is 5.15. The average Bonchev–Trinajstić information content (AvgIpc) is 2.53. The van der Waals surface area contributed by atoms with Crippen molar-refractivity contribution >= 4 is 41.5 Å². The number of hydrogen-bond donors (Lipinski definition) is 2. The van der Waals surface area contributed by atoms with Crippen molar-refractivity contribution in [3.8, 4) is 0 Å². The first-order valence-electron chi connectivity index (χ1n) is 7.77. The summed E-state index contributed by atoms with van der Waals surface area (Å²) >= 11 is 6.40.